The Kier molecular flexibility index (Phi) is 7.88. The summed E-state index contributed by atoms with van der Waals surface area (Å²) >= 11 is 13.2. The molecule has 7 nitrogen and oxygen atoms in total. The van der Waals surface area contributed by atoms with E-state index < -0.39 is 27.2 Å². The Morgan fingerprint density at radius 2 is 1.61 bits per heavy atom. The van der Waals surface area contributed by atoms with Crippen LogP contribution < -0.4 is 4.74 Å². The average Bonchev–Trinajstić information content (AvgIpc) is 3.40. The summed E-state index contributed by atoms with van der Waals surface area (Å²) in [4.78, 5) is 33.5. The van der Waals surface area contributed by atoms with Gasteiger partial charge in [-0.3, -0.25) is 9.59 Å². The van der Waals surface area contributed by atoms with Crippen LogP contribution in [0.15, 0.2) is 48.2 Å². The topological polar surface area (TPSA) is 74.3 Å². The number of esters is 1. The highest BCUT2D eigenvalue weighted by atomic mass is 35.5. The van der Waals surface area contributed by atoms with E-state index in [9.17, 15) is 9.59 Å². The number of carbonyl (C=O) groups is 2. The fraction of sp³-hybridized carbons (Fsp3) is 0.448. The van der Waals surface area contributed by atoms with Gasteiger partial charge in [0.15, 0.2) is 6.79 Å². The van der Waals surface area contributed by atoms with Gasteiger partial charge >= 0.3 is 5.97 Å². The minimum Gasteiger partial charge on any atom is -0.494 e. The van der Waals surface area contributed by atoms with Crippen molar-refractivity contribution in [1.29, 1.82) is 0 Å². The number of nitrogens with zero attached hydrogens (tertiary/aromatic N) is 1. The molecule has 1 atom stereocenters. The molecule has 2 aromatic carbocycles. The number of alkyl halides is 2. The maximum absolute atomic E-state index is 14.0. The number of carbonyl (C=O) groups excluding carboxylic acids is 2. The van der Waals surface area contributed by atoms with E-state index in [0.29, 0.717) is 30.1 Å². The van der Waals surface area contributed by atoms with E-state index in [1.165, 1.54) is 5.06 Å². The average molecular weight is 562 g/mol. The van der Waals surface area contributed by atoms with Crippen molar-refractivity contribution >= 4 is 40.7 Å². The Hall–Kier alpha value is -2.58. The second kappa shape index (κ2) is 10.5. The van der Waals surface area contributed by atoms with E-state index in [2.05, 4.69) is 0 Å². The largest absolute Gasteiger partial charge is 0.494 e. The van der Waals surface area contributed by atoms with Gasteiger partial charge < -0.3 is 14.2 Å². The molecule has 0 bridgehead atoms. The SMILES string of the molecule is CCOCON1C(=O)C(c2c(C)cccc2C)=C(OC(=O)C2(c3ccc(OCC)cc3)CC2(Cl)Cl)C1(C)C. The van der Waals surface area contributed by atoms with Crippen LogP contribution in [-0.4, -0.2) is 46.8 Å². The van der Waals surface area contributed by atoms with Gasteiger partial charge in [-0.05, 0) is 75.9 Å². The van der Waals surface area contributed by atoms with Crippen LogP contribution in [-0.2, 0) is 29.3 Å². The normalized spacial score (nSPS) is 21.6. The predicted octanol–water partition coefficient (Wildman–Crippen LogP) is 6.02. The highest BCUT2D eigenvalue weighted by Gasteiger charge is 2.74. The van der Waals surface area contributed by atoms with E-state index in [1.54, 1.807) is 38.1 Å². The zero-order valence-electron chi connectivity index (χ0n) is 22.5. The standard InChI is InChI=1S/C29H33Cl2NO6/c1-7-35-17-37-32-25(33)23(22-18(3)10-9-11-19(22)4)24(27(32,5)6)38-26(34)28(16-29(28,30)31)20-12-14-21(15-13-20)36-8-2/h9-15H,7-8,16-17H2,1-6H3. The number of hydrogen-bond donors (Lipinski definition) is 0. The van der Waals surface area contributed by atoms with Crippen molar-refractivity contribution in [2.75, 3.05) is 20.0 Å². The molecule has 0 radical (unpaired) electrons. The molecule has 0 N–H and O–H groups in total. The number of hydroxylamine groups is 2. The zero-order chi connectivity index (χ0) is 27.9. The first-order valence-corrected chi connectivity index (χ1v) is 13.4. The molecule has 9 heteroatoms. The van der Waals surface area contributed by atoms with Crippen molar-refractivity contribution in [3.8, 4) is 5.75 Å². The molecule has 0 saturated heterocycles. The summed E-state index contributed by atoms with van der Waals surface area (Å²) in [5, 5.41) is 1.21. The molecule has 1 saturated carbocycles. The van der Waals surface area contributed by atoms with E-state index >= 15 is 0 Å². The fourth-order valence-electron chi connectivity index (χ4n) is 4.97. The van der Waals surface area contributed by atoms with Crippen LogP contribution in [0.25, 0.3) is 5.57 Å². The lowest BCUT2D eigenvalue weighted by atomic mass is 9.92. The Bertz CT molecular complexity index is 1250. The van der Waals surface area contributed by atoms with Crippen LogP contribution in [0.4, 0.5) is 0 Å². The van der Waals surface area contributed by atoms with E-state index in [1.807, 2.05) is 45.9 Å². The first-order valence-electron chi connectivity index (χ1n) is 12.6. The third-order valence-electron chi connectivity index (χ3n) is 7.08. The Labute approximate surface area is 233 Å². The maximum Gasteiger partial charge on any atom is 0.324 e. The van der Waals surface area contributed by atoms with Crippen LogP contribution in [0.2, 0.25) is 0 Å². The molecule has 2 aliphatic rings. The minimum atomic E-state index is -1.37. The maximum atomic E-state index is 14.0. The summed E-state index contributed by atoms with van der Waals surface area (Å²) in [5.74, 6) is -0.232. The fourth-order valence-corrected chi connectivity index (χ4v) is 5.75. The Morgan fingerprint density at radius 1 is 1.00 bits per heavy atom. The van der Waals surface area contributed by atoms with Crippen LogP contribution in [0.1, 0.15) is 56.4 Å². The molecule has 4 rings (SSSR count). The molecule has 1 amide bonds. The van der Waals surface area contributed by atoms with Crippen LogP contribution in [0, 0.1) is 13.8 Å². The monoisotopic (exact) mass is 561 g/mol. The first kappa shape index (κ1) is 28.4. The van der Waals surface area contributed by atoms with Crippen LogP contribution in [0.3, 0.4) is 0 Å². The number of rotatable bonds is 10. The van der Waals surface area contributed by atoms with Crippen molar-refractivity contribution in [3.05, 3.63) is 70.5 Å². The summed E-state index contributed by atoms with van der Waals surface area (Å²) in [6, 6.07) is 12.8. The lowest BCUT2D eigenvalue weighted by molar-refractivity contribution is -0.243. The summed E-state index contributed by atoms with van der Waals surface area (Å²) in [6.07, 6.45) is 0.168. The van der Waals surface area contributed by atoms with Gasteiger partial charge in [-0.25, -0.2) is 9.90 Å². The van der Waals surface area contributed by atoms with Gasteiger partial charge in [0.05, 0.1) is 12.2 Å². The van der Waals surface area contributed by atoms with E-state index in [0.717, 1.165) is 11.1 Å². The molecule has 0 spiro atoms. The van der Waals surface area contributed by atoms with Crippen molar-refractivity contribution in [2.45, 2.75) is 63.3 Å². The number of hydrogen-bond acceptors (Lipinski definition) is 6. The minimum absolute atomic E-state index is 0.129. The van der Waals surface area contributed by atoms with Crippen LogP contribution >= 0.6 is 23.2 Å². The zero-order valence-corrected chi connectivity index (χ0v) is 24.0. The van der Waals surface area contributed by atoms with Gasteiger partial charge in [0.25, 0.3) is 5.91 Å². The lowest BCUT2D eigenvalue weighted by Crippen LogP contribution is -2.45. The number of benzene rings is 2. The van der Waals surface area contributed by atoms with Gasteiger partial charge in [-0.2, -0.15) is 0 Å². The quantitative estimate of drug-likeness (QED) is 0.153. The summed E-state index contributed by atoms with van der Waals surface area (Å²) < 4.78 is 15.7. The molecular formula is C29H33Cl2NO6. The van der Waals surface area contributed by atoms with Gasteiger partial charge in [-0.1, -0.05) is 53.5 Å². The number of halogens is 2. The van der Waals surface area contributed by atoms with Crippen molar-refractivity contribution < 1.29 is 28.6 Å². The smallest absolute Gasteiger partial charge is 0.324 e. The second-order valence-electron chi connectivity index (χ2n) is 10.0. The molecule has 204 valence electrons. The van der Waals surface area contributed by atoms with Gasteiger partial charge in [0.2, 0.25) is 0 Å². The molecule has 1 heterocycles. The molecular weight excluding hydrogens is 529 g/mol. The molecule has 2 aromatic rings. The second-order valence-corrected chi connectivity index (χ2v) is 11.5. The molecule has 38 heavy (non-hydrogen) atoms. The van der Waals surface area contributed by atoms with Gasteiger partial charge in [0, 0.05) is 13.0 Å². The number of aryl methyl sites for hydroxylation is 2. The van der Waals surface area contributed by atoms with Crippen molar-refractivity contribution in [3.63, 3.8) is 0 Å². The van der Waals surface area contributed by atoms with Gasteiger partial charge in [0.1, 0.15) is 26.8 Å². The molecule has 1 fully saturated rings. The lowest BCUT2D eigenvalue weighted by Gasteiger charge is -2.32. The number of ether oxygens (including phenoxy) is 3. The third kappa shape index (κ3) is 4.70. The number of amides is 1. The summed E-state index contributed by atoms with van der Waals surface area (Å²) in [5.41, 5.74) is 0.832. The molecule has 1 unspecified atom stereocenters. The summed E-state index contributed by atoms with van der Waals surface area (Å²) in [6.45, 7) is 11.8. The summed E-state index contributed by atoms with van der Waals surface area (Å²) in [7, 11) is 0. The highest BCUT2D eigenvalue weighted by molar-refractivity contribution is 6.54. The first-order chi connectivity index (χ1) is 17.9. The Morgan fingerprint density at radius 3 is 2.13 bits per heavy atom. The molecule has 1 aliphatic heterocycles. The van der Waals surface area contributed by atoms with E-state index in [-0.39, 0.29) is 24.5 Å². The highest BCUT2D eigenvalue weighted by Crippen LogP contribution is 2.66. The van der Waals surface area contributed by atoms with E-state index in [4.69, 9.17) is 42.3 Å². The van der Waals surface area contributed by atoms with Crippen LogP contribution in [0.5, 0.6) is 5.75 Å². The van der Waals surface area contributed by atoms with Crippen molar-refractivity contribution in [2.24, 2.45) is 0 Å². The van der Waals surface area contributed by atoms with Gasteiger partial charge in [-0.15, -0.1) is 0 Å². The predicted molar refractivity (Wildman–Crippen MR) is 146 cm³/mol. The molecule has 0 aromatic heterocycles. The molecule has 1 aliphatic carbocycles. The van der Waals surface area contributed by atoms with Crippen molar-refractivity contribution in [1.82, 2.24) is 5.06 Å². The third-order valence-corrected chi connectivity index (χ3v) is 7.99. The Balaban J connectivity index is 1.79.